The van der Waals surface area contributed by atoms with Gasteiger partial charge in [0.1, 0.15) is 5.75 Å². The van der Waals surface area contributed by atoms with E-state index in [2.05, 4.69) is 0 Å². The van der Waals surface area contributed by atoms with Crippen LogP contribution in [0.2, 0.25) is 0 Å². The molecule has 0 saturated heterocycles. The van der Waals surface area contributed by atoms with Crippen LogP contribution < -0.4 is 4.90 Å². The number of phenols is 1. The third-order valence-corrected chi connectivity index (χ3v) is 2.72. The highest BCUT2D eigenvalue weighted by Gasteiger charge is 2.29. The largest absolute Gasteiger partial charge is 0.508 e. The molecule has 1 N–H and O–H groups in total. The summed E-state index contributed by atoms with van der Waals surface area (Å²) in [6.07, 6.45) is -6.07. The van der Waals surface area contributed by atoms with Crippen LogP contribution in [0.1, 0.15) is 25.3 Å². The van der Waals surface area contributed by atoms with E-state index in [1.54, 1.807) is 19.9 Å². The Morgan fingerprint density at radius 1 is 1.37 bits per heavy atom. The predicted molar refractivity (Wildman–Crippen MR) is 66.2 cm³/mol. The number of alkyl halides is 3. The molecular formula is C13H16F3NO2. The number of carbonyl (C=O) groups excluding carboxylic acids is 1. The number of phenolic OH excluding ortho intramolecular Hbond substituents is 1. The zero-order chi connectivity index (χ0) is 14.6. The van der Waals surface area contributed by atoms with Crippen LogP contribution in [0.4, 0.5) is 18.9 Å². The zero-order valence-corrected chi connectivity index (χ0v) is 10.8. The molecule has 0 aliphatic carbocycles. The van der Waals surface area contributed by atoms with Gasteiger partial charge in [-0.1, -0.05) is 6.07 Å². The van der Waals surface area contributed by atoms with Crippen molar-refractivity contribution in [1.82, 2.24) is 0 Å². The van der Waals surface area contributed by atoms with Crippen molar-refractivity contribution in [2.45, 2.75) is 32.9 Å². The summed E-state index contributed by atoms with van der Waals surface area (Å²) in [4.78, 5) is 13.1. The molecule has 0 aliphatic rings. The maximum Gasteiger partial charge on any atom is 0.389 e. The highest BCUT2D eigenvalue weighted by Crippen LogP contribution is 2.27. The van der Waals surface area contributed by atoms with Crippen molar-refractivity contribution >= 4 is 11.6 Å². The lowest BCUT2D eigenvalue weighted by atomic mass is 10.1. The van der Waals surface area contributed by atoms with Crippen LogP contribution in [-0.2, 0) is 4.79 Å². The average molecular weight is 275 g/mol. The first kappa shape index (κ1) is 15.3. The van der Waals surface area contributed by atoms with Crippen LogP contribution in [0.5, 0.6) is 5.75 Å². The van der Waals surface area contributed by atoms with Crippen LogP contribution in [0.15, 0.2) is 18.2 Å². The van der Waals surface area contributed by atoms with Crippen molar-refractivity contribution in [2.75, 3.05) is 11.4 Å². The normalized spacial score (nSPS) is 11.4. The third-order valence-electron chi connectivity index (χ3n) is 2.72. The molecule has 0 aromatic heterocycles. The Labute approximate surface area is 109 Å². The zero-order valence-electron chi connectivity index (χ0n) is 10.8. The van der Waals surface area contributed by atoms with Crippen molar-refractivity contribution in [3.63, 3.8) is 0 Å². The van der Waals surface area contributed by atoms with Crippen LogP contribution in [0, 0.1) is 6.92 Å². The van der Waals surface area contributed by atoms with E-state index in [1.165, 1.54) is 17.0 Å². The van der Waals surface area contributed by atoms with Crippen molar-refractivity contribution in [2.24, 2.45) is 0 Å². The molecule has 0 radical (unpaired) electrons. The molecule has 1 amide bonds. The fraction of sp³-hybridized carbons (Fsp3) is 0.462. The molecule has 6 heteroatoms. The molecule has 0 saturated carbocycles. The summed E-state index contributed by atoms with van der Waals surface area (Å²) in [6, 6.07) is 4.46. The van der Waals surface area contributed by atoms with Crippen LogP contribution >= 0.6 is 0 Å². The van der Waals surface area contributed by atoms with Gasteiger partial charge in [-0.15, -0.1) is 0 Å². The van der Waals surface area contributed by atoms with Crippen LogP contribution in [0.25, 0.3) is 0 Å². The van der Waals surface area contributed by atoms with E-state index in [-0.39, 0.29) is 12.3 Å². The van der Waals surface area contributed by atoms with Gasteiger partial charge in [0.2, 0.25) is 5.91 Å². The summed E-state index contributed by atoms with van der Waals surface area (Å²) in [6.45, 7) is 3.66. The first-order valence-electron chi connectivity index (χ1n) is 5.91. The summed E-state index contributed by atoms with van der Waals surface area (Å²) in [5.41, 5.74) is 1.16. The molecular weight excluding hydrogens is 259 g/mol. The lowest BCUT2D eigenvalue weighted by molar-refractivity contribution is -0.143. The minimum Gasteiger partial charge on any atom is -0.508 e. The number of hydrogen-bond donors (Lipinski definition) is 1. The number of anilines is 1. The Kier molecular flexibility index (Phi) is 4.80. The van der Waals surface area contributed by atoms with Gasteiger partial charge in [0.25, 0.3) is 0 Å². The van der Waals surface area contributed by atoms with E-state index >= 15 is 0 Å². The van der Waals surface area contributed by atoms with E-state index in [0.29, 0.717) is 5.69 Å². The van der Waals surface area contributed by atoms with Gasteiger partial charge < -0.3 is 10.0 Å². The Hall–Kier alpha value is -1.72. The number of aryl methyl sites for hydroxylation is 1. The van der Waals surface area contributed by atoms with E-state index < -0.39 is 24.9 Å². The number of aromatic hydroxyl groups is 1. The van der Waals surface area contributed by atoms with Crippen LogP contribution in [0.3, 0.4) is 0 Å². The molecule has 0 bridgehead atoms. The lowest BCUT2D eigenvalue weighted by Gasteiger charge is -2.23. The minimum atomic E-state index is -4.34. The van der Waals surface area contributed by atoms with Gasteiger partial charge in [-0.05, 0) is 25.5 Å². The number of halogens is 3. The Morgan fingerprint density at radius 2 is 2.00 bits per heavy atom. The molecule has 106 valence electrons. The molecule has 0 spiro atoms. The summed E-state index contributed by atoms with van der Waals surface area (Å²) in [7, 11) is 0. The van der Waals surface area contributed by atoms with Gasteiger partial charge in [0.15, 0.2) is 0 Å². The first-order chi connectivity index (χ1) is 8.74. The van der Waals surface area contributed by atoms with Gasteiger partial charge >= 0.3 is 6.18 Å². The summed E-state index contributed by atoms with van der Waals surface area (Å²) in [5, 5.41) is 9.40. The second kappa shape index (κ2) is 5.95. The van der Waals surface area contributed by atoms with Gasteiger partial charge in [-0.3, -0.25) is 4.79 Å². The van der Waals surface area contributed by atoms with E-state index in [4.69, 9.17) is 0 Å². The number of rotatable bonds is 4. The van der Waals surface area contributed by atoms with Crippen molar-refractivity contribution in [1.29, 1.82) is 0 Å². The molecule has 0 unspecified atom stereocenters. The molecule has 3 nitrogen and oxygen atoms in total. The van der Waals surface area contributed by atoms with Crippen molar-refractivity contribution in [3.8, 4) is 5.75 Å². The molecule has 1 aromatic carbocycles. The molecule has 0 atom stereocenters. The fourth-order valence-corrected chi connectivity index (χ4v) is 1.75. The quantitative estimate of drug-likeness (QED) is 0.915. The molecule has 1 rings (SSSR count). The van der Waals surface area contributed by atoms with E-state index in [0.717, 1.165) is 5.56 Å². The molecule has 0 fully saturated rings. The number of benzene rings is 1. The number of carbonyl (C=O) groups is 1. The maximum absolute atomic E-state index is 12.1. The highest BCUT2D eigenvalue weighted by molar-refractivity contribution is 5.94. The van der Waals surface area contributed by atoms with Crippen molar-refractivity contribution < 1.29 is 23.1 Å². The highest BCUT2D eigenvalue weighted by atomic mass is 19.4. The average Bonchev–Trinajstić information content (AvgIpc) is 2.31. The van der Waals surface area contributed by atoms with Gasteiger partial charge in [0, 0.05) is 19.0 Å². The van der Waals surface area contributed by atoms with Crippen molar-refractivity contribution in [3.05, 3.63) is 23.8 Å². The third kappa shape index (κ3) is 4.46. The molecule has 19 heavy (non-hydrogen) atoms. The lowest BCUT2D eigenvalue weighted by Crippen LogP contribution is -2.32. The second-order valence-electron chi connectivity index (χ2n) is 4.22. The topological polar surface area (TPSA) is 40.5 Å². The molecule has 0 heterocycles. The monoisotopic (exact) mass is 275 g/mol. The van der Waals surface area contributed by atoms with E-state index in [9.17, 15) is 23.1 Å². The smallest absolute Gasteiger partial charge is 0.389 e. The standard InChI is InChI=1S/C13H16F3NO2/c1-3-17(12(19)6-7-13(14,15)16)11-8-10(18)5-4-9(11)2/h4-5,8,18H,3,6-7H2,1-2H3. The maximum atomic E-state index is 12.1. The Bertz CT molecular complexity index is 458. The molecule has 1 aromatic rings. The summed E-state index contributed by atoms with van der Waals surface area (Å²) in [5.74, 6) is -0.629. The summed E-state index contributed by atoms with van der Waals surface area (Å²) < 4.78 is 36.4. The first-order valence-corrected chi connectivity index (χ1v) is 5.91. The number of hydrogen-bond acceptors (Lipinski definition) is 2. The van der Waals surface area contributed by atoms with Gasteiger partial charge in [0.05, 0.1) is 12.1 Å². The molecule has 0 aliphatic heterocycles. The Balaban J connectivity index is 2.88. The fourth-order valence-electron chi connectivity index (χ4n) is 1.75. The number of amides is 1. The SMILES string of the molecule is CCN(C(=O)CCC(F)(F)F)c1cc(O)ccc1C. The van der Waals surface area contributed by atoms with Crippen LogP contribution in [-0.4, -0.2) is 23.7 Å². The Morgan fingerprint density at radius 3 is 2.53 bits per heavy atom. The number of nitrogens with zero attached hydrogens (tertiary/aromatic N) is 1. The predicted octanol–water partition coefficient (Wildman–Crippen LogP) is 3.40. The second-order valence-corrected chi connectivity index (χ2v) is 4.22. The van der Waals surface area contributed by atoms with E-state index in [1.807, 2.05) is 0 Å². The summed E-state index contributed by atoms with van der Waals surface area (Å²) >= 11 is 0. The minimum absolute atomic E-state index is 0.0253. The van der Waals surface area contributed by atoms with Gasteiger partial charge in [-0.25, -0.2) is 0 Å². The van der Waals surface area contributed by atoms with Gasteiger partial charge in [-0.2, -0.15) is 13.2 Å².